The predicted molar refractivity (Wildman–Crippen MR) is 152 cm³/mol. The number of benzene rings is 2. The molecule has 4 aromatic rings. The molecule has 0 radical (unpaired) electrons. The van der Waals surface area contributed by atoms with E-state index in [1.165, 1.54) is 33.7 Å². The van der Waals surface area contributed by atoms with Gasteiger partial charge in [-0.3, -0.25) is 0 Å². The van der Waals surface area contributed by atoms with Gasteiger partial charge in [0.05, 0.1) is 63.1 Å². The largest absolute Gasteiger partial charge is 0.750 e. The van der Waals surface area contributed by atoms with Gasteiger partial charge in [-0.25, -0.2) is 26.7 Å². The third-order valence-electron chi connectivity index (χ3n) is 6.27. The molecule has 2 aromatic carbocycles. The third kappa shape index (κ3) is 8.54. The normalized spacial score (nSPS) is 12.6. The number of nitrogens with zero attached hydrogens (tertiary/aromatic N) is 4. The first-order valence-corrected chi connectivity index (χ1v) is 14.9. The first kappa shape index (κ1) is 33.3. The number of aromatic nitrogens is 4. The van der Waals surface area contributed by atoms with Crippen molar-refractivity contribution in [2.24, 2.45) is 0 Å². The molecule has 0 saturated carbocycles. The van der Waals surface area contributed by atoms with Crippen molar-refractivity contribution in [3.05, 3.63) is 58.1 Å². The maximum absolute atomic E-state index is 9.15. The number of halogens is 2. The summed E-state index contributed by atoms with van der Waals surface area (Å²) in [5.74, 6) is 2.54. The zero-order valence-electron chi connectivity index (χ0n) is 22.8. The Morgan fingerprint density at radius 3 is 1.38 bits per heavy atom. The van der Waals surface area contributed by atoms with Crippen LogP contribution in [0.2, 0.25) is 10.0 Å². The molecule has 2 unspecified atom stereocenters. The Balaban J connectivity index is 0.000000458. The molecule has 0 aliphatic heterocycles. The molecule has 4 rings (SSSR count). The first-order chi connectivity index (χ1) is 18.5. The third-order valence-corrected chi connectivity index (χ3v) is 7.28. The van der Waals surface area contributed by atoms with Crippen LogP contribution in [0.3, 0.4) is 0 Å². The standard InChI is InChI=1S/C23H28Cl2N4.2CH4O3S/c1-5-26-16(3)28(22-14-18(24)8-10-20(22)26)12-7-13-29-17(4)27(6-2)21-11-9-19(25)15-23(21)29;2*1-4-5(2)3/h8-11,14-15H,5-7,12-13H2,1-4H3;2*1H3,(H,2,3)/q+2;;/p-2. The van der Waals surface area contributed by atoms with E-state index in [1.807, 2.05) is 12.1 Å². The highest BCUT2D eigenvalue weighted by Gasteiger charge is 2.23. The molecular weight excluding hydrogens is 587 g/mol. The molecular formula is C25H34Cl2N4O6S2. The quantitative estimate of drug-likeness (QED) is 0.216. The summed E-state index contributed by atoms with van der Waals surface area (Å²) in [6.07, 6.45) is 1.03. The van der Waals surface area contributed by atoms with Crippen molar-refractivity contribution >= 4 is 68.0 Å². The number of aryl methyl sites for hydroxylation is 4. The second-order valence-corrected chi connectivity index (χ2v) is 10.6. The van der Waals surface area contributed by atoms with Gasteiger partial charge in [0.15, 0.2) is 22.1 Å². The lowest BCUT2D eigenvalue weighted by atomic mass is 10.3. The van der Waals surface area contributed by atoms with Crippen LogP contribution in [0.25, 0.3) is 22.1 Å². The number of hydrogen-bond donors (Lipinski definition) is 0. The average Bonchev–Trinajstić information content (AvgIpc) is 3.32. The zero-order valence-corrected chi connectivity index (χ0v) is 26.0. The van der Waals surface area contributed by atoms with Gasteiger partial charge in [-0.15, -0.1) is 0 Å². The van der Waals surface area contributed by atoms with Crippen molar-refractivity contribution in [2.75, 3.05) is 14.2 Å². The molecule has 14 heteroatoms. The van der Waals surface area contributed by atoms with Crippen molar-refractivity contribution in [3.63, 3.8) is 0 Å². The molecule has 2 aromatic heterocycles. The van der Waals surface area contributed by atoms with E-state index in [4.69, 9.17) is 40.7 Å². The summed E-state index contributed by atoms with van der Waals surface area (Å²) < 4.78 is 53.4. The molecule has 39 heavy (non-hydrogen) atoms. The second-order valence-electron chi connectivity index (χ2n) is 8.25. The molecule has 0 amide bonds. The van der Waals surface area contributed by atoms with Gasteiger partial charge in [-0.1, -0.05) is 23.2 Å². The highest BCUT2D eigenvalue weighted by Crippen LogP contribution is 2.22. The Morgan fingerprint density at radius 2 is 1.10 bits per heavy atom. The highest BCUT2D eigenvalue weighted by atomic mass is 35.5. The van der Waals surface area contributed by atoms with E-state index in [1.54, 1.807) is 0 Å². The Bertz CT molecular complexity index is 1350. The highest BCUT2D eigenvalue weighted by molar-refractivity contribution is 7.74. The fourth-order valence-electron chi connectivity index (χ4n) is 4.62. The van der Waals surface area contributed by atoms with E-state index in [-0.39, 0.29) is 0 Å². The van der Waals surface area contributed by atoms with Crippen LogP contribution in [0.5, 0.6) is 0 Å². The maximum Gasteiger partial charge on any atom is 0.254 e. The molecule has 0 N–H and O–H groups in total. The van der Waals surface area contributed by atoms with E-state index >= 15 is 0 Å². The zero-order chi connectivity index (χ0) is 29.3. The lowest BCUT2D eigenvalue weighted by Crippen LogP contribution is -2.35. The van der Waals surface area contributed by atoms with Gasteiger partial charge in [0.2, 0.25) is 0 Å². The lowest BCUT2D eigenvalue weighted by molar-refractivity contribution is -0.675. The van der Waals surface area contributed by atoms with Gasteiger partial charge in [-0.05, 0) is 38.1 Å². The van der Waals surface area contributed by atoms with Gasteiger partial charge in [0.1, 0.15) is 0 Å². The molecule has 10 nitrogen and oxygen atoms in total. The molecule has 0 aliphatic rings. The van der Waals surface area contributed by atoms with E-state index in [0.29, 0.717) is 0 Å². The van der Waals surface area contributed by atoms with E-state index < -0.39 is 22.7 Å². The van der Waals surface area contributed by atoms with Crippen molar-refractivity contribution in [1.82, 2.24) is 9.13 Å². The van der Waals surface area contributed by atoms with Gasteiger partial charge < -0.3 is 17.5 Å². The topological polar surface area (TPSA) is 116 Å². The minimum atomic E-state index is -2.32. The van der Waals surface area contributed by atoms with Gasteiger partial charge >= 0.3 is 0 Å². The smallest absolute Gasteiger partial charge is 0.254 e. The summed E-state index contributed by atoms with van der Waals surface area (Å²) >= 11 is 7.96. The van der Waals surface area contributed by atoms with Crippen LogP contribution >= 0.6 is 23.2 Å². The minimum absolute atomic E-state index is 0.783. The lowest BCUT2D eigenvalue weighted by Gasteiger charge is -2.03. The fraction of sp³-hybridized carbons (Fsp3) is 0.440. The van der Waals surface area contributed by atoms with Crippen molar-refractivity contribution < 1.29 is 35.0 Å². The summed E-state index contributed by atoms with van der Waals surface area (Å²) in [4.78, 5) is 0. The van der Waals surface area contributed by atoms with Crippen LogP contribution in [-0.4, -0.2) is 40.9 Å². The average molecular weight is 622 g/mol. The van der Waals surface area contributed by atoms with Gasteiger partial charge in [0, 0.05) is 42.4 Å². The monoisotopic (exact) mass is 620 g/mol. The Kier molecular flexibility index (Phi) is 13.5. The molecule has 0 spiro atoms. The molecule has 216 valence electrons. The van der Waals surface area contributed by atoms with E-state index in [9.17, 15) is 0 Å². The summed E-state index contributed by atoms with van der Waals surface area (Å²) in [5.41, 5.74) is 4.90. The SMILES string of the molecule is CC[n+]1c(C)n(CCCn2c(C)[n+](CC)c3ccc(Cl)cc32)c2cc(Cl)ccc21.COS(=O)[O-].COS(=O)[O-]. The molecule has 2 heterocycles. The summed E-state index contributed by atoms with van der Waals surface area (Å²) in [7, 11) is 2.17. The van der Waals surface area contributed by atoms with E-state index in [2.05, 4.69) is 78.6 Å². The van der Waals surface area contributed by atoms with Crippen LogP contribution in [-0.2, 0) is 57.3 Å². The van der Waals surface area contributed by atoms with Crippen LogP contribution in [0.1, 0.15) is 31.9 Å². The molecule has 0 saturated heterocycles. The van der Waals surface area contributed by atoms with E-state index in [0.717, 1.165) is 56.9 Å². The summed E-state index contributed by atoms with van der Waals surface area (Å²) in [6, 6.07) is 12.4. The molecule has 0 aliphatic carbocycles. The van der Waals surface area contributed by atoms with Gasteiger partial charge in [0.25, 0.3) is 11.6 Å². The van der Waals surface area contributed by atoms with Crippen LogP contribution in [0.4, 0.5) is 0 Å². The van der Waals surface area contributed by atoms with Crippen molar-refractivity contribution in [2.45, 2.75) is 60.3 Å². The van der Waals surface area contributed by atoms with Crippen LogP contribution < -0.4 is 9.13 Å². The second kappa shape index (κ2) is 15.8. The maximum atomic E-state index is 9.15. The molecule has 0 fully saturated rings. The Hall–Kier alpha value is -1.90. The van der Waals surface area contributed by atoms with Crippen LogP contribution in [0, 0.1) is 13.8 Å². The van der Waals surface area contributed by atoms with Crippen molar-refractivity contribution in [3.8, 4) is 0 Å². The first-order valence-electron chi connectivity index (χ1n) is 12.1. The Morgan fingerprint density at radius 1 is 0.769 bits per heavy atom. The van der Waals surface area contributed by atoms with Gasteiger partial charge in [-0.2, -0.15) is 0 Å². The Labute approximate surface area is 244 Å². The fourth-order valence-corrected chi connectivity index (χ4v) is 4.95. The molecule has 2 atom stereocenters. The number of fused-ring (bicyclic) bond motifs is 2. The van der Waals surface area contributed by atoms with Crippen molar-refractivity contribution in [1.29, 1.82) is 0 Å². The number of hydrogen-bond acceptors (Lipinski definition) is 6. The number of imidazole rings is 2. The minimum Gasteiger partial charge on any atom is -0.750 e. The number of rotatable bonds is 8. The summed E-state index contributed by atoms with van der Waals surface area (Å²) in [5, 5.41) is 1.57. The van der Waals surface area contributed by atoms with Crippen LogP contribution in [0.15, 0.2) is 36.4 Å². The predicted octanol–water partition coefficient (Wildman–Crippen LogP) is 4.08. The summed E-state index contributed by atoms with van der Waals surface area (Å²) in [6.45, 7) is 12.6. The molecule has 0 bridgehead atoms.